The molecular formula is C8H7BFNO2. The SMILES string of the molecule is Cc1ccc(F)c(C#N)c1B(O)O. The molecule has 0 radical (unpaired) electrons. The predicted molar refractivity (Wildman–Crippen MR) is 45.7 cm³/mol. The molecule has 0 aliphatic heterocycles. The molecule has 1 aromatic rings. The van der Waals surface area contributed by atoms with Gasteiger partial charge in [0.1, 0.15) is 11.9 Å². The number of rotatable bonds is 1. The van der Waals surface area contributed by atoms with Crippen LogP contribution in [0.25, 0.3) is 0 Å². The average molecular weight is 179 g/mol. The summed E-state index contributed by atoms with van der Waals surface area (Å²) in [7, 11) is -1.81. The van der Waals surface area contributed by atoms with Gasteiger partial charge in [0.05, 0.1) is 5.56 Å². The Labute approximate surface area is 75.2 Å². The van der Waals surface area contributed by atoms with Crippen LogP contribution in [0.1, 0.15) is 11.1 Å². The van der Waals surface area contributed by atoms with Gasteiger partial charge in [-0.3, -0.25) is 0 Å². The molecule has 1 aromatic carbocycles. The van der Waals surface area contributed by atoms with Crippen LogP contribution in [0.2, 0.25) is 0 Å². The van der Waals surface area contributed by atoms with Crippen LogP contribution >= 0.6 is 0 Å². The zero-order chi connectivity index (χ0) is 10.0. The van der Waals surface area contributed by atoms with Crippen LogP contribution in [0, 0.1) is 24.1 Å². The summed E-state index contributed by atoms with van der Waals surface area (Å²) in [6.07, 6.45) is 0. The minimum absolute atomic E-state index is 0.0671. The summed E-state index contributed by atoms with van der Waals surface area (Å²) in [5, 5.41) is 26.3. The fourth-order valence-corrected chi connectivity index (χ4v) is 1.14. The van der Waals surface area contributed by atoms with Crippen molar-refractivity contribution in [2.24, 2.45) is 0 Å². The number of nitrogens with zero attached hydrogens (tertiary/aromatic N) is 1. The monoisotopic (exact) mass is 179 g/mol. The molecular weight excluding hydrogens is 172 g/mol. The first kappa shape index (κ1) is 9.71. The first-order valence-electron chi connectivity index (χ1n) is 3.63. The van der Waals surface area contributed by atoms with Crippen LogP contribution < -0.4 is 5.46 Å². The van der Waals surface area contributed by atoms with E-state index in [4.69, 9.17) is 15.3 Å². The van der Waals surface area contributed by atoms with E-state index in [9.17, 15) is 4.39 Å². The fourth-order valence-electron chi connectivity index (χ4n) is 1.14. The highest BCUT2D eigenvalue weighted by molar-refractivity contribution is 6.60. The van der Waals surface area contributed by atoms with Crippen LogP contribution in [-0.4, -0.2) is 17.2 Å². The van der Waals surface area contributed by atoms with Crippen molar-refractivity contribution in [2.75, 3.05) is 0 Å². The Morgan fingerprint density at radius 1 is 1.46 bits per heavy atom. The quantitative estimate of drug-likeness (QED) is 0.581. The third kappa shape index (κ3) is 1.69. The molecule has 0 heterocycles. The third-order valence-electron chi connectivity index (χ3n) is 1.78. The number of aryl methyl sites for hydroxylation is 1. The van der Waals surface area contributed by atoms with Crippen LogP contribution in [0.3, 0.4) is 0 Å². The van der Waals surface area contributed by atoms with Gasteiger partial charge < -0.3 is 10.0 Å². The predicted octanol–water partition coefficient (Wildman–Crippen LogP) is -0.314. The molecule has 0 amide bonds. The minimum Gasteiger partial charge on any atom is -0.423 e. The molecule has 2 N–H and O–H groups in total. The highest BCUT2D eigenvalue weighted by Gasteiger charge is 2.21. The van der Waals surface area contributed by atoms with Gasteiger partial charge in [-0.1, -0.05) is 6.07 Å². The maximum atomic E-state index is 12.9. The minimum atomic E-state index is -1.81. The smallest absolute Gasteiger partial charge is 0.423 e. The molecule has 0 aromatic heterocycles. The highest BCUT2D eigenvalue weighted by Crippen LogP contribution is 2.06. The van der Waals surface area contributed by atoms with Crippen LogP contribution in [0.4, 0.5) is 4.39 Å². The van der Waals surface area contributed by atoms with Crippen LogP contribution in [0.5, 0.6) is 0 Å². The Morgan fingerprint density at radius 2 is 2.08 bits per heavy atom. The second-order valence-electron chi connectivity index (χ2n) is 2.64. The first-order valence-corrected chi connectivity index (χ1v) is 3.63. The molecule has 3 nitrogen and oxygen atoms in total. The van der Waals surface area contributed by atoms with Gasteiger partial charge in [-0.2, -0.15) is 5.26 Å². The lowest BCUT2D eigenvalue weighted by Crippen LogP contribution is -2.35. The molecule has 0 fully saturated rings. The Kier molecular flexibility index (Phi) is 2.66. The summed E-state index contributed by atoms with van der Waals surface area (Å²) in [6, 6.07) is 4.11. The summed E-state index contributed by atoms with van der Waals surface area (Å²) < 4.78 is 12.9. The van der Waals surface area contributed by atoms with Gasteiger partial charge in [0.2, 0.25) is 0 Å². The number of halogens is 1. The normalized spacial score (nSPS) is 9.46. The molecule has 13 heavy (non-hydrogen) atoms. The summed E-state index contributed by atoms with van der Waals surface area (Å²) in [5.74, 6) is -0.740. The summed E-state index contributed by atoms with van der Waals surface area (Å²) >= 11 is 0. The standard InChI is InChI=1S/C8H7BFNO2/c1-5-2-3-7(10)6(4-11)8(5)9(12)13/h2-3,12-13H,1H3. The molecule has 0 bridgehead atoms. The largest absolute Gasteiger partial charge is 0.490 e. The van der Waals surface area contributed by atoms with E-state index in [0.29, 0.717) is 5.56 Å². The second kappa shape index (κ2) is 3.56. The molecule has 0 unspecified atom stereocenters. The van der Waals surface area contributed by atoms with Gasteiger partial charge in [0, 0.05) is 5.46 Å². The van der Waals surface area contributed by atoms with Crippen molar-refractivity contribution in [3.05, 3.63) is 29.1 Å². The zero-order valence-electron chi connectivity index (χ0n) is 6.95. The van der Waals surface area contributed by atoms with Crippen molar-refractivity contribution < 1.29 is 14.4 Å². The number of benzene rings is 1. The Hall–Kier alpha value is -1.38. The lowest BCUT2D eigenvalue weighted by atomic mass is 9.74. The summed E-state index contributed by atoms with van der Waals surface area (Å²) in [5.41, 5.74) is 0.102. The topological polar surface area (TPSA) is 64.2 Å². The first-order chi connectivity index (χ1) is 6.07. The number of hydrogen-bond acceptors (Lipinski definition) is 3. The second-order valence-corrected chi connectivity index (χ2v) is 2.64. The Balaban J connectivity index is 3.46. The number of nitriles is 1. The van der Waals surface area contributed by atoms with E-state index < -0.39 is 12.9 Å². The van der Waals surface area contributed by atoms with E-state index >= 15 is 0 Å². The van der Waals surface area contributed by atoms with Gasteiger partial charge in [-0.15, -0.1) is 0 Å². The van der Waals surface area contributed by atoms with Crippen molar-refractivity contribution in [3.8, 4) is 6.07 Å². The van der Waals surface area contributed by atoms with E-state index in [1.807, 2.05) is 0 Å². The van der Waals surface area contributed by atoms with Gasteiger partial charge >= 0.3 is 7.12 Å². The number of hydrogen-bond donors (Lipinski definition) is 2. The van der Waals surface area contributed by atoms with Gasteiger partial charge in [-0.05, 0) is 18.6 Å². The van der Waals surface area contributed by atoms with Gasteiger partial charge in [0.15, 0.2) is 0 Å². The van der Waals surface area contributed by atoms with Gasteiger partial charge in [0.25, 0.3) is 0 Å². The van der Waals surface area contributed by atoms with E-state index in [1.165, 1.54) is 6.07 Å². The lowest BCUT2D eigenvalue weighted by molar-refractivity contribution is 0.425. The molecule has 0 aliphatic carbocycles. The van der Waals surface area contributed by atoms with E-state index in [-0.39, 0.29) is 11.0 Å². The van der Waals surface area contributed by atoms with Gasteiger partial charge in [-0.25, -0.2) is 4.39 Å². The summed E-state index contributed by atoms with van der Waals surface area (Å²) in [6.45, 7) is 1.58. The maximum absolute atomic E-state index is 12.9. The van der Waals surface area contributed by atoms with Crippen molar-refractivity contribution in [2.45, 2.75) is 6.92 Å². The van der Waals surface area contributed by atoms with Crippen molar-refractivity contribution in [1.82, 2.24) is 0 Å². The molecule has 0 spiro atoms. The highest BCUT2D eigenvalue weighted by atomic mass is 19.1. The van der Waals surface area contributed by atoms with Crippen LogP contribution in [-0.2, 0) is 0 Å². The van der Waals surface area contributed by atoms with E-state index in [0.717, 1.165) is 6.07 Å². The zero-order valence-corrected chi connectivity index (χ0v) is 6.95. The van der Waals surface area contributed by atoms with E-state index in [1.54, 1.807) is 13.0 Å². The van der Waals surface area contributed by atoms with E-state index in [2.05, 4.69) is 0 Å². The molecule has 0 saturated carbocycles. The molecule has 0 aliphatic rings. The van der Waals surface area contributed by atoms with Crippen LogP contribution in [0.15, 0.2) is 12.1 Å². The molecule has 0 atom stereocenters. The van der Waals surface area contributed by atoms with Crippen molar-refractivity contribution in [1.29, 1.82) is 5.26 Å². The average Bonchev–Trinajstić information content (AvgIpc) is 2.07. The van der Waals surface area contributed by atoms with Crippen molar-refractivity contribution >= 4 is 12.6 Å². The maximum Gasteiger partial charge on any atom is 0.490 e. The molecule has 66 valence electrons. The molecule has 0 saturated heterocycles. The van der Waals surface area contributed by atoms with Crippen molar-refractivity contribution in [3.63, 3.8) is 0 Å². The fraction of sp³-hybridized carbons (Fsp3) is 0.125. The lowest BCUT2D eigenvalue weighted by Gasteiger charge is -2.06. The Bertz CT molecular complexity index is 373. The third-order valence-corrected chi connectivity index (χ3v) is 1.78. The molecule has 1 rings (SSSR count). The molecule has 5 heteroatoms. The summed E-state index contributed by atoms with van der Waals surface area (Å²) in [4.78, 5) is 0. The Morgan fingerprint density at radius 3 is 2.46 bits per heavy atom.